The highest BCUT2D eigenvalue weighted by Crippen LogP contribution is 2.23. The Morgan fingerprint density at radius 3 is 2.43 bits per heavy atom. The van der Waals surface area contributed by atoms with E-state index in [1.165, 1.54) is 18.2 Å². The van der Waals surface area contributed by atoms with Crippen LogP contribution in [0.2, 0.25) is 5.02 Å². The Morgan fingerprint density at radius 1 is 1.10 bits per heavy atom. The van der Waals surface area contributed by atoms with E-state index in [0.29, 0.717) is 56.2 Å². The Hall–Kier alpha value is -2.93. The number of nitrogens with zero attached hydrogens (tertiary/aromatic N) is 1. The molecule has 8 heteroatoms. The lowest BCUT2D eigenvalue weighted by atomic mass is 10.0. The number of hydrogen-bond donors (Lipinski definition) is 3. The van der Waals surface area contributed by atoms with Gasteiger partial charge in [0.1, 0.15) is 17.2 Å². The zero-order chi connectivity index (χ0) is 21.5. The molecule has 1 aliphatic rings. The van der Waals surface area contributed by atoms with Gasteiger partial charge in [-0.15, -0.1) is 0 Å². The van der Waals surface area contributed by atoms with Crippen molar-refractivity contribution in [3.8, 4) is 17.2 Å². The van der Waals surface area contributed by atoms with Crippen molar-refractivity contribution in [2.24, 2.45) is 0 Å². The maximum Gasteiger partial charge on any atom is 0.251 e. The number of aromatic hydroxyl groups is 2. The van der Waals surface area contributed by atoms with Crippen molar-refractivity contribution >= 4 is 23.4 Å². The van der Waals surface area contributed by atoms with Crippen molar-refractivity contribution in [3.05, 3.63) is 53.1 Å². The van der Waals surface area contributed by atoms with Gasteiger partial charge in [-0.25, -0.2) is 0 Å². The smallest absolute Gasteiger partial charge is 0.251 e. The van der Waals surface area contributed by atoms with E-state index in [4.69, 9.17) is 16.3 Å². The van der Waals surface area contributed by atoms with Gasteiger partial charge >= 0.3 is 0 Å². The summed E-state index contributed by atoms with van der Waals surface area (Å²) in [7, 11) is 0. The molecule has 2 aromatic carbocycles. The number of carbonyl (C=O) groups excluding carboxylic acids is 2. The second-order valence-corrected chi connectivity index (χ2v) is 7.66. The van der Waals surface area contributed by atoms with Crippen molar-refractivity contribution in [1.29, 1.82) is 0 Å². The summed E-state index contributed by atoms with van der Waals surface area (Å²) in [5, 5.41) is 22.5. The second-order valence-electron chi connectivity index (χ2n) is 7.25. The van der Waals surface area contributed by atoms with E-state index < -0.39 is 0 Å². The predicted octanol–water partition coefficient (Wildman–Crippen LogP) is 3.33. The van der Waals surface area contributed by atoms with Crippen molar-refractivity contribution in [1.82, 2.24) is 10.2 Å². The van der Waals surface area contributed by atoms with Gasteiger partial charge in [-0.1, -0.05) is 23.7 Å². The molecule has 1 saturated heterocycles. The zero-order valence-electron chi connectivity index (χ0n) is 16.5. The van der Waals surface area contributed by atoms with Crippen LogP contribution in [0.3, 0.4) is 0 Å². The summed E-state index contributed by atoms with van der Waals surface area (Å²) in [4.78, 5) is 26.5. The fourth-order valence-electron chi connectivity index (χ4n) is 3.39. The molecule has 30 heavy (non-hydrogen) atoms. The van der Waals surface area contributed by atoms with Crippen LogP contribution in [0, 0.1) is 0 Å². The van der Waals surface area contributed by atoms with Crippen LogP contribution < -0.4 is 10.1 Å². The Balaban J connectivity index is 1.37. The zero-order valence-corrected chi connectivity index (χ0v) is 17.3. The lowest BCUT2D eigenvalue weighted by Crippen LogP contribution is -2.46. The number of phenolic OH excluding ortho intramolecular Hbond substituents is 2. The summed E-state index contributed by atoms with van der Waals surface area (Å²) in [6.45, 7) is 1.56. The minimum absolute atomic E-state index is 0.0606. The number of amides is 2. The summed E-state index contributed by atoms with van der Waals surface area (Å²) in [6, 6.07) is 10.9. The number of piperidine rings is 1. The normalized spacial score (nSPS) is 14.4. The molecule has 160 valence electrons. The van der Waals surface area contributed by atoms with Crippen molar-refractivity contribution in [3.63, 3.8) is 0 Å². The van der Waals surface area contributed by atoms with E-state index in [1.54, 1.807) is 17.0 Å². The second kappa shape index (κ2) is 10.2. The summed E-state index contributed by atoms with van der Waals surface area (Å²) >= 11 is 6.04. The van der Waals surface area contributed by atoms with Gasteiger partial charge in [0.05, 0.1) is 11.6 Å². The fourth-order valence-corrected chi connectivity index (χ4v) is 3.58. The van der Waals surface area contributed by atoms with Gasteiger partial charge in [-0.3, -0.25) is 9.59 Å². The maximum atomic E-state index is 12.4. The molecular formula is C22H25ClN2O5. The average Bonchev–Trinajstić information content (AvgIpc) is 2.72. The van der Waals surface area contributed by atoms with Crippen LogP contribution in [0.5, 0.6) is 17.2 Å². The van der Waals surface area contributed by atoms with Crippen LogP contribution in [-0.2, 0) is 4.79 Å². The van der Waals surface area contributed by atoms with E-state index in [9.17, 15) is 19.8 Å². The van der Waals surface area contributed by atoms with Crippen molar-refractivity contribution in [2.45, 2.75) is 31.7 Å². The molecule has 0 saturated carbocycles. The number of phenols is 2. The number of benzene rings is 2. The molecule has 1 heterocycles. The fraction of sp³-hybridized carbons (Fsp3) is 0.364. The quantitative estimate of drug-likeness (QED) is 0.583. The third-order valence-electron chi connectivity index (χ3n) is 4.98. The molecule has 2 aromatic rings. The maximum absolute atomic E-state index is 12.4. The molecule has 0 aromatic heterocycles. The molecule has 1 fully saturated rings. The summed E-state index contributed by atoms with van der Waals surface area (Å²) < 4.78 is 5.61. The third kappa shape index (κ3) is 6.03. The highest BCUT2D eigenvalue weighted by molar-refractivity contribution is 6.32. The first-order valence-corrected chi connectivity index (χ1v) is 10.3. The Kier molecular flexibility index (Phi) is 7.41. The monoisotopic (exact) mass is 432 g/mol. The van der Waals surface area contributed by atoms with Gasteiger partial charge < -0.3 is 25.2 Å². The average molecular weight is 433 g/mol. The van der Waals surface area contributed by atoms with E-state index in [-0.39, 0.29) is 34.9 Å². The highest BCUT2D eigenvalue weighted by atomic mass is 35.5. The van der Waals surface area contributed by atoms with Crippen LogP contribution in [0.15, 0.2) is 42.5 Å². The predicted molar refractivity (Wildman–Crippen MR) is 113 cm³/mol. The molecule has 0 aliphatic carbocycles. The number of carbonyl (C=O) groups is 2. The molecule has 7 nitrogen and oxygen atoms in total. The third-order valence-corrected chi connectivity index (χ3v) is 5.29. The van der Waals surface area contributed by atoms with Crippen molar-refractivity contribution < 1.29 is 24.5 Å². The number of hydrogen-bond acceptors (Lipinski definition) is 5. The van der Waals surface area contributed by atoms with Gasteiger partial charge in [0, 0.05) is 37.2 Å². The number of rotatable bonds is 7. The van der Waals surface area contributed by atoms with Crippen LogP contribution in [-0.4, -0.2) is 52.7 Å². The van der Waals surface area contributed by atoms with Gasteiger partial charge in [-0.2, -0.15) is 0 Å². The number of ether oxygens (including phenoxy) is 1. The first-order chi connectivity index (χ1) is 14.4. The van der Waals surface area contributed by atoms with Crippen molar-refractivity contribution in [2.75, 3.05) is 19.7 Å². The molecule has 0 atom stereocenters. The Labute approximate surface area is 180 Å². The van der Waals surface area contributed by atoms with Crippen LogP contribution in [0.4, 0.5) is 0 Å². The van der Waals surface area contributed by atoms with E-state index in [2.05, 4.69) is 5.32 Å². The van der Waals surface area contributed by atoms with E-state index in [0.717, 1.165) is 0 Å². The number of nitrogens with one attached hydrogen (secondary N) is 1. The molecule has 0 spiro atoms. The number of likely N-dealkylation sites (tertiary alicyclic amines) is 1. The topological polar surface area (TPSA) is 99.1 Å². The van der Waals surface area contributed by atoms with Crippen LogP contribution in [0.25, 0.3) is 0 Å². The minimum Gasteiger partial charge on any atom is -0.508 e. The number of para-hydroxylation sites is 1. The summed E-state index contributed by atoms with van der Waals surface area (Å²) in [5.74, 6) is -0.00970. The largest absolute Gasteiger partial charge is 0.508 e. The van der Waals surface area contributed by atoms with Gasteiger partial charge in [0.25, 0.3) is 5.91 Å². The Bertz CT molecular complexity index is 877. The first kappa shape index (κ1) is 21.8. The molecule has 3 rings (SSSR count). The standard InChI is InChI=1S/C22H25ClN2O5/c23-19-4-1-2-5-20(19)30-11-3-6-21(28)25-9-7-16(8-10-25)24-22(29)15-12-17(26)14-18(27)13-15/h1-2,4-5,12-14,16,26-27H,3,6-11H2,(H,24,29). The molecule has 0 bridgehead atoms. The van der Waals surface area contributed by atoms with Crippen LogP contribution in [0.1, 0.15) is 36.0 Å². The van der Waals surface area contributed by atoms with E-state index >= 15 is 0 Å². The van der Waals surface area contributed by atoms with Gasteiger partial charge in [0.15, 0.2) is 0 Å². The molecule has 0 radical (unpaired) electrons. The highest BCUT2D eigenvalue weighted by Gasteiger charge is 2.24. The minimum atomic E-state index is -0.359. The van der Waals surface area contributed by atoms with Gasteiger partial charge in [0.2, 0.25) is 5.91 Å². The van der Waals surface area contributed by atoms with Crippen LogP contribution >= 0.6 is 11.6 Å². The SMILES string of the molecule is O=C(NC1CCN(C(=O)CCCOc2ccccc2Cl)CC1)c1cc(O)cc(O)c1. The van der Waals surface area contributed by atoms with E-state index in [1.807, 2.05) is 12.1 Å². The molecular weight excluding hydrogens is 408 g/mol. The summed E-state index contributed by atoms with van der Waals surface area (Å²) in [6.07, 6.45) is 2.29. The lowest BCUT2D eigenvalue weighted by molar-refractivity contribution is -0.132. The molecule has 0 unspecified atom stereocenters. The number of halogens is 1. The molecule has 2 amide bonds. The molecule has 1 aliphatic heterocycles. The van der Waals surface area contributed by atoms with Gasteiger partial charge in [-0.05, 0) is 43.5 Å². The Morgan fingerprint density at radius 2 is 1.77 bits per heavy atom. The lowest BCUT2D eigenvalue weighted by Gasteiger charge is -2.32. The molecule has 3 N–H and O–H groups in total. The first-order valence-electron chi connectivity index (χ1n) is 9.91. The summed E-state index contributed by atoms with van der Waals surface area (Å²) in [5.41, 5.74) is 0.199.